The van der Waals surface area contributed by atoms with Crippen molar-refractivity contribution < 1.29 is 14.7 Å². The van der Waals surface area contributed by atoms with Gasteiger partial charge in [-0.1, -0.05) is 0 Å². The first-order chi connectivity index (χ1) is 9.15. The summed E-state index contributed by atoms with van der Waals surface area (Å²) in [6.07, 6.45) is 3.71. The topological polar surface area (TPSA) is 92.5 Å². The van der Waals surface area contributed by atoms with Gasteiger partial charge in [0.05, 0.1) is 6.54 Å². The third-order valence-electron chi connectivity index (χ3n) is 3.12. The molecule has 0 radical (unpaired) electrons. The quantitative estimate of drug-likeness (QED) is 0.665. The Hall–Kier alpha value is -1.51. The van der Waals surface area contributed by atoms with Gasteiger partial charge in [0.1, 0.15) is 12.2 Å². The summed E-state index contributed by atoms with van der Waals surface area (Å²) < 4.78 is 1.90. The highest BCUT2D eigenvalue weighted by atomic mass is 16.7. The van der Waals surface area contributed by atoms with E-state index in [1.54, 1.807) is 6.33 Å². The van der Waals surface area contributed by atoms with E-state index in [2.05, 4.69) is 20.6 Å². The van der Waals surface area contributed by atoms with Gasteiger partial charge >= 0.3 is 5.97 Å². The molecular formula is C11H19N5O3. The minimum atomic E-state index is -0.973. The molecule has 0 spiro atoms. The average molecular weight is 269 g/mol. The zero-order chi connectivity index (χ0) is 13.7. The van der Waals surface area contributed by atoms with Crippen molar-refractivity contribution in [1.82, 2.24) is 25.1 Å². The van der Waals surface area contributed by atoms with E-state index in [1.807, 2.05) is 11.6 Å². The van der Waals surface area contributed by atoms with Crippen LogP contribution in [0, 0.1) is 0 Å². The molecule has 1 saturated heterocycles. The van der Waals surface area contributed by atoms with E-state index < -0.39 is 5.97 Å². The van der Waals surface area contributed by atoms with E-state index in [0.29, 0.717) is 0 Å². The molecule has 2 N–H and O–H groups in total. The van der Waals surface area contributed by atoms with E-state index in [1.165, 1.54) is 0 Å². The van der Waals surface area contributed by atoms with Gasteiger partial charge in [-0.2, -0.15) is 5.48 Å². The number of hydroxylamine groups is 1. The predicted octanol–water partition coefficient (Wildman–Crippen LogP) is -0.615. The van der Waals surface area contributed by atoms with Crippen LogP contribution in [0.2, 0.25) is 0 Å². The maximum atomic E-state index is 10.4. The van der Waals surface area contributed by atoms with Gasteiger partial charge in [0.25, 0.3) is 0 Å². The molecule has 19 heavy (non-hydrogen) atoms. The van der Waals surface area contributed by atoms with E-state index in [4.69, 9.17) is 9.94 Å². The zero-order valence-corrected chi connectivity index (χ0v) is 10.9. The normalized spacial score (nSPS) is 20.6. The number of aliphatic carboxylic acids is 1. The fourth-order valence-corrected chi connectivity index (χ4v) is 2.17. The SMILES string of the molecule is Cn1cnnc1CN1CCCC(NOCC(=O)O)C1. The fraction of sp³-hybridized carbons (Fsp3) is 0.727. The van der Waals surface area contributed by atoms with Gasteiger partial charge in [-0.15, -0.1) is 10.2 Å². The number of aryl methyl sites for hydroxylation is 1. The molecule has 1 aromatic rings. The standard InChI is InChI=1S/C11H19N5O3/c1-15-8-12-13-10(15)6-16-4-2-3-9(5-16)14-19-7-11(17)18/h8-9,14H,2-7H2,1H3,(H,17,18). The zero-order valence-electron chi connectivity index (χ0n) is 10.9. The summed E-state index contributed by atoms with van der Waals surface area (Å²) in [5, 5.41) is 16.4. The molecule has 1 atom stereocenters. The van der Waals surface area contributed by atoms with Crippen LogP contribution in [-0.2, 0) is 23.2 Å². The molecule has 8 heteroatoms. The Morgan fingerprint density at radius 2 is 2.53 bits per heavy atom. The summed E-state index contributed by atoms with van der Waals surface area (Å²) in [4.78, 5) is 17.6. The number of piperidine rings is 1. The number of carbonyl (C=O) groups is 1. The van der Waals surface area contributed by atoms with E-state index in [-0.39, 0.29) is 12.6 Å². The van der Waals surface area contributed by atoms with Crippen molar-refractivity contribution in [1.29, 1.82) is 0 Å². The van der Waals surface area contributed by atoms with Gasteiger partial charge in [0.15, 0.2) is 6.61 Å². The maximum absolute atomic E-state index is 10.4. The van der Waals surface area contributed by atoms with Crippen LogP contribution < -0.4 is 5.48 Å². The van der Waals surface area contributed by atoms with Crippen LogP contribution in [0.15, 0.2) is 6.33 Å². The number of carboxylic acids is 1. The Bertz CT molecular complexity index is 422. The molecule has 2 heterocycles. The monoisotopic (exact) mass is 269 g/mol. The summed E-state index contributed by atoms with van der Waals surface area (Å²) >= 11 is 0. The number of likely N-dealkylation sites (tertiary alicyclic amines) is 1. The van der Waals surface area contributed by atoms with Crippen LogP contribution in [0.3, 0.4) is 0 Å². The molecule has 1 aromatic heterocycles. The summed E-state index contributed by atoms with van der Waals surface area (Å²) in [7, 11) is 1.92. The van der Waals surface area contributed by atoms with Crippen LogP contribution >= 0.6 is 0 Å². The lowest BCUT2D eigenvalue weighted by Gasteiger charge is -2.32. The minimum absolute atomic E-state index is 0.154. The second kappa shape index (κ2) is 6.60. The van der Waals surface area contributed by atoms with Gasteiger partial charge in [-0.3, -0.25) is 9.74 Å². The van der Waals surface area contributed by atoms with Crippen molar-refractivity contribution in [2.75, 3.05) is 19.7 Å². The number of nitrogens with one attached hydrogen (secondary N) is 1. The summed E-state index contributed by atoms with van der Waals surface area (Å²) in [5.41, 5.74) is 2.81. The molecule has 1 unspecified atom stereocenters. The van der Waals surface area contributed by atoms with Crippen LogP contribution in [-0.4, -0.2) is 56.5 Å². The maximum Gasteiger partial charge on any atom is 0.331 e. The van der Waals surface area contributed by atoms with Gasteiger partial charge in [0, 0.05) is 19.6 Å². The number of rotatable bonds is 6. The molecule has 0 aromatic carbocycles. The Labute approximate surface area is 111 Å². The van der Waals surface area contributed by atoms with Crippen LogP contribution in [0.25, 0.3) is 0 Å². The summed E-state index contributed by atoms with van der Waals surface area (Å²) in [5.74, 6) is -0.0497. The minimum Gasteiger partial charge on any atom is -0.479 e. The molecule has 1 aliphatic rings. The van der Waals surface area contributed by atoms with Crippen LogP contribution in [0.4, 0.5) is 0 Å². The molecule has 0 saturated carbocycles. The fourth-order valence-electron chi connectivity index (χ4n) is 2.17. The molecule has 2 rings (SSSR count). The Kier molecular flexibility index (Phi) is 4.83. The smallest absolute Gasteiger partial charge is 0.331 e. The number of hydrogen-bond acceptors (Lipinski definition) is 6. The molecule has 0 aliphatic carbocycles. The second-order valence-corrected chi connectivity index (χ2v) is 4.73. The van der Waals surface area contributed by atoms with Crippen molar-refractivity contribution >= 4 is 5.97 Å². The van der Waals surface area contributed by atoms with Gasteiger partial charge in [-0.05, 0) is 19.4 Å². The molecule has 1 fully saturated rings. The van der Waals surface area contributed by atoms with E-state index >= 15 is 0 Å². The average Bonchev–Trinajstić information content (AvgIpc) is 2.75. The lowest BCUT2D eigenvalue weighted by atomic mass is 10.1. The van der Waals surface area contributed by atoms with E-state index in [0.717, 1.165) is 38.3 Å². The largest absolute Gasteiger partial charge is 0.479 e. The first-order valence-corrected chi connectivity index (χ1v) is 6.29. The van der Waals surface area contributed by atoms with E-state index in [9.17, 15) is 4.79 Å². The highest BCUT2D eigenvalue weighted by Crippen LogP contribution is 2.12. The lowest BCUT2D eigenvalue weighted by Crippen LogP contribution is -2.45. The van der Waals surface area contributed by atoms with Crippen molar-refractivity contribution in [3.63, 3.8) is 0 Å². The van der Waals surface area contributed by atoms with Crippen LogP contribution in [0.1, 0.15) is 18.7 Å². The molecular weight excluding hydrogens is 250 g/mol. The number of nitrogens with zero attached hydrogens (tertiary/aromatic N) is 4. The molecule has 0 bridgehead atoms. The molecule has 106 valence electrons. The third-order valence-corrected chi connectivity index (χ3v) is 3.12. The Morgan fingerprint density at radius 3 is 3.21 bits per heavy atom. The highest BCUT2D eigenvalue weighted by molar-refractivity contribution is 5.67. The first-order valence-electron chi connectivity index (χ1n) is 6.29. The first kappa shape index (κ1) is 13.9. The highest BCUT2D eigenvalue weighted by Gasteiger charge is 2.21. The Morgan fingerprint density at radius 1 is 1.68 bits per heavy atom. The van der Waals surface area contributed by atoms with Crippen molar-refractivity contribution in [2.24, 2.45) is 7.05 Å². The van der Waals surface area contributed by atoms with Gasteiger partial charge in [-0.25, -0.2) is 4.79 Å². The molecule has 8 nitrogen and oxygen atoms in total. The lowest BCUT2D eigenvalue weighted by molar-refractivity contribution is -0.146. The number of carboxylic acid groups (broad SMARTS) is 1. The van der Waals surface area contributed by atoms with Gasteiger partial charge in [0.2, 0.25) is 0 Å². The van der Waals surface area contributed by atoms with Gasteiger partial charge < -0.3 is 9.67 Å². The van der Waals surface area contributed by atoms with Crippen LogP contribution in [0.5, 0.6) is 0 Å². The van der Waals surface area contributed by atoms with Crippen molar-refractivity contribution in [3.8, 4) is 0 Å². The van der Waals surface area contributed by atoms with Crippen molar-refractivity contribution in [2.45, 2.75) is 25.4 Å². The predicted molar refractivity (Wildman–Crippen MR) is 66.0 cm³/mol. The summed E-state index contributed by atoms with van der Waals surface area (Å²) in [6.45, 7) is 2.24. The third kappa shape index (κ3) is 4.27. The molecule has 1 aliphatic heterocycles. The number of aromatic nitrogens is 3. The van der Waals surface area contributed by atoms with Crippen molar-refractivity contribution in [3.05, 3.63) is 12.2 Å². The second-order valence-electron chi connectivity index (χ2n) is 4.73. The summed E-state index contributed by atoms with van der Waals surface area (Å²) in [6, 6.07) is 0.154. The molecule has 0 amide bonds. The number of hydrogen-bond donors (Lipinski definition) is 2. The Balaban J connectivity index is 1.77.